The van der Waals surface area contributed by atoms with E-state index < -0.39 is 0 Å². The van der Waals surface area contributed by atoms with Crippen molar-refractivity contribution in [3.05, 3.63) is 23.3 Å². The average Bonchev–Trinajstić information content (AvgIpc) is 3.16. The van der Waals surface area contributed by atoms with Crippen LogP contribution in [0.5, 0.6) is 0 Å². The molecule has 46 heavy (non-hydrogen) atoms. The van der Waals surface area contributed by atoms with Gasteiger partial charge in [0.15, 0.2) is 0 Å². The Morgan fingerprint density at radius 1 is 0.304 bits per heavy atom. The summed E-state index contributed by atoms with van der Waals surface area (Å²) in [6.07, 6.45) is 41.1. The first-order valence-electron chi connectivity index (χ1n) is 19.7. The molecule has 0 aromatic rings. The summed E-state index contributed by atoms with van der Waals surface area (Å²) in [5.74, 6) is 4.44. The van der Waals surface area contributed by atoms with Crippen LogP contribution in [0, 0.1) is 80.8 Å². The number of allylic oxidation sites excluding steroid dienone is 4. The molecule has 0 heterocycles. The predicted octanol–water partition coefficient (Wildman–Crippen LogP) is 12.6. The number of hydrogen-bond donors (Lipinski definition) is 0. The zero-order valence-corrected chi connectivity index (χ0v) is 29.2. The number of rotatable bonds is 4. The first-order chi connectivity index (χ1) is 22.7. The molecule has 0 bridgehead atoms. The Labute approximate surface area is 283 Å². The third-order valence-corrected chi connectivity index (χ3v) is 12.0. The molecule has 0 radical (unpaired) electrons. The largest absolute Gasteiger partial charge is 0.192 e. The fourth-order valence-electron chi connectivity index (χ4n) is 9.34. The molecule has 3 aliphatic carbocycles. The van der Waals surface area contributed by atoms with E-state index >= 15 is 0 Å². The van der Waals surface area contributed by atoms with Crippen LogP contribution in [-0.4, -0.2) is 0 Å². The van der Waals surface area contributed by atoms with Gasteiger partial charge in [-0.3, -0.25) is 0 Å². The van der Waals surface area contributed by atoms with Gasteiger partial charge >= 0.3 is 0 Å². The van der Waals surface area contributed by atoms with Crippen molar-refractivity contribution >= 4 is 0 Å². The average molecular weight is 625 g/mol. The Bertz CT molecular complexity index is 1030. The maximum absolute atomic E-state index is 9.23. The maximum Gasteiger partial charge on any atom is 0.125 e. The molecular formula is C42H64N4. The molecule has 0 amide bonds. The van der Waals surface area contributed by atoms with Crippen LogP contribution < -0.4 is 0 Å². The van der Waals surface area contributed by atoms with E-state index in [9.17, 15) is 21.0 Å². The lowest BCUT2D eigenvalue weighted by molar-refractivity contribution is 0.230. The van der Waals surface area contributed by atoms with Crippen molar-refractivity contribution in [3.8, 4) is 24.3 Å². The quantitative estimate of drug-likeness (QED) is 0.291. The zero-order chi connectivity index (χ0) is 32.7. The van der Waals surface area contributed by atoms with Gasteiger partial charge in [0.05, 0.1) is 0 Å². The van der Waals surface area contributed by atoms with E-state index in [-0.39, 0.29) is 0 Å². The van der Waals surface area contributed by atoms with Crippen LogP contribution in [0.1, 0.15) is 180 Å². The van der Waals surface area contributed by atoms with E-state index in [1.54, 1.807) is 0 Å². The van der Waals surface area contributed by atoms with E-state index in [2.05, 4.69) is 24.3 Å². The molecule has 3 aliphatic rings. The second kappa shape index (κ2) is 23.7. The van der Waals surface area contributed by atoms with Crippen molar-refractivity contribution in [2.45, 2.75) is 180 Å². The van der Waals surface area contributed by atoms with Gasteiger partial charge in [-0.25, -0.2) is 0 Å². The number of nitriles is 4. The summed E-state index contributed by atoms with van der Waals surface area (Å²) >= 11 is 0. The minimum absolute atomic E-state index is 0.304. The summed E-state index contributed by atoms with van der Waals surface area (Å²) in [5, 5.41) is 36.9. The Morgan fingerprint density at radius 2 is 0.500 bits per heavy atom. The van der Waals surface area contributed by atoms with Crippen LogP contribution >= 0.6 is 0 Å². The highest BCUT2D eigenvalue weighted by Crippen LogP contribution is 2.38. The molecule has 0 aromatic carbocycles. The van der Waals surface area contributed by atoms with Gasteiger partial charge in [-0.05, 0) is 61.2 Å². The van der Waals surface area contributed by atoms with Crippen LogP contribution in [0.4, 0.5) is 0 Å². The molecule has 3 saturated carbocycles. The molecule has 4 atom stereocenters. The lowest BCUT2D eigenvalue weighted by Gasteiger charge is -2.29. The van der Waals surface area contributed by atoms with Crippen molar-refractivity contribution < 1.29 is 0 Å². The highest BCUT2D eigenvalue weighted by molar-refractivity contribution is 5.36. The Kier molecular flexibility index (Phi) is 19.5. The summed E-state index contributed by atoms with van der Waals surface area (Å²) < 4.78 is 0. The fraction of sp³-hybridized carbons (Fsp3) is 0.810. The van der Waals surface area contributed by atoms with E-state index in [4.69, 9.17) is 0 Å². The van der Waals surface area contributed by atoms with Crippen molar-refractivity contribution in [1.82, 2.24) is 0 Å². The third kappa shape index (κ3) is 14.9. The molecule has 0 aromatic heterocycles. The second-order valence-electron chi connectivity index (χ2n) is 15.3. The molecule has 0 aliphatic heterocycles. The van der Waals surface area contributed by atoms with E-state index in [1.165, 1.54) is 154 Å². The lowest BCUT2D eigenvalue weighted by atomic mass is 9.77. The van der Waals surface area contributed by atoms with Crippen LogP contribution in [0.2, 0.25) is 0 Å². The number of hydrogen-bond acceptors (Lipinski definition) is 4. The summed E-state index contributed by atoms with van der Waals surface area (Å²) in [6, 6.07) is 8.30. The Morgan fingerprint density at radius 3 is 0.739 bits per heavy atom. The van der Waals surface area contributed by atoms with Crippen LogP contribution in [0.3, 0.4) is 0 Å². The van der Waals surface area contributed by atoms with Gasteiger partial charge in [-0.2, -0.15) is 21.0 Å². The smallest absolute Gasteiger partial charge is 0.125 e. The fourth-order valence-corrected chi connectivity index (χ4v) is 9.34. The summed E-state index contributed by atoms with van der Waals surface area (Å²) in [7, 11) is 0. The topological polar surface area (TPSA) is 95.2 Å². The Hall–Kier alpha value is -2.56. The van der Waals surface area contributed by atoms with Crippen molar-refractivity contribution in [3.63, 3.8) is 0 Å². The van der Waals surface area contributed by atoms with E-state index in [0.29, 0.717) is 23.0 Å². The number of nitrogens with zero attached hydrogens (tertiary/aromatic N) is 4. The van der Waals surface area contributed by atoms with Crippen molar-refractivity contribution in [2.24, 2.45) is 35.5 Å². The molecular weight excluding hydrogens is 560 g/mol. The highest BCUT2D eigenvalue weighted by atomic mass is 14.3. The van der Waals surface area contributed by atoms with Gasteiger partial charge in [0.1, 0.15) is 35.4 Å². The van der Waals surface area contributed by atoms with Crippen molar-refractivity contribution in [2.75, 3.05) is 0 Å². The van der Waals surface area contributed by atoms with Gasteiger partial charge in [-0.15, -0.1) is 0 Å². The first-order valence-corrected chi connectivity index (χ1v) is 19.7. The summed E-state index contributed by atoms with van der Waals surface area (Å²) in [5.41, 5.74) is 0.609. The van der Waals surface area contributed by atoms with E-state index in [0.717, 1.165) is 49.4 Å². The molecule has 3 rings (SSSR count). The highest BCUT2D eigenvalue weighted by Gasteiger charge is 2.25. The normalized spacial score (nSPS) is 30.3. The molecule has 0 N–H and O–H groups in total. The minimum Gasteiger partial charge on any atom is -0.192 e. The van der Waals surface area contributed by atoms with E-state index in [1.807, 2.05) is 12.2 Å². The summed E-state index contributed by atoms with van der Waals surface area (Å²) in [4.78, 5) is 0. The minimum atomic E-state index is 0.304. The SMILES string of the molecule is N#CC(C#N)=CC1CCCCCC(C2CCCCCC(C3CCCCCC(C=C(C#N)C#N)CCCC3)CCCC2)CCCCC1. The third-order valence-electron chi connectivity index (χ3n) is 12.0. The molecule has 4 heteroatoms. The molecule has 3 fully saturated rings. The monoisotopic (exact) mass is 625 g/mol. The lowest BCUT2D eigenvalue weighted by Crippen LogP contribution is -2.17. The predicted molar refractivity (Wildman–Crippen MR) is 189 cm³/mol. The van der Waals surface area contributed by atoms with Gasteiger partial charge in [-0.1, -0.05) is 166 Å². The first kappa shape index (κ1) is 37.9. The molecule has 0 spiro atoms. The van der Waals surface area contributed by atoms with Gasteiger partial charge < -0.3 is 0 Å². The zero-order valence-electron chi connectivity index (χ0n) is 29.2. The molecule has 4 nitrogen and oxygen atoms in total. The molecule has 4 unspecified atom stereocenters. The molecule has 252 valence electrons. The summed E-state index contributed by atoms with van der Waals surface area (Å²) in [6.45, 7) is 0. The van der Waals surface area contributed by atoms with Gasteiger partial charge in [0.2, 0.25) is 0 Å². The second-order valence-corrected chi connectivity index (χ2v) is 15.3. The standard InChI is InChI=1S/C42H64N4/c43-31-37(32-44)29-35-17-5-1-8-21-39(22-9-2-6-18-35)41-24-11-4-12-25-42(28-16-15-27-41)40-23-10-3-7-19-36(20-13-14-26-40)30-38(33-45)34-46/h29-30,35-36,39-42H,1-28H2. The van der Waals surface area contributed by atoms with Crippen LogP contribution in [0.25, 0.3) is 0 Å². The maximum atomic E-state index is 9.23. The van der Waals surface area contributed by atoms with Crippen LogP contribution in [-0.2, 0) is 0 Å². The van der Waals surface area contributed by atoms with Gasteiger partial charge in [0, 0.05) is 0 Å². The van der Waals surface area contributed by atoms with Crippen LogP contribution in [0.15, 0.2) is 23.3 Å². The molecule has 0 saturated heterocycles. The van der Waals surface area contributed by atoms with Crippen molar-refractivity contribution in [1.29, 1.82) is 21.0 Å². The Balaban J connectivity index is 1.49. The van der Waals surface area contributed by atoms with Gasteiger partial charge in [0.25, 0.3) is 0 Å².